The SMILES string of the molecule is CCCCCCC/C=C\C/C=C\CCCCCCCCCCCCCCCC(=O)OCC(COC(=O)CCCCCCCCCCCC)OC(=O)CCCCCCCCCCCCCCC/C=C\C/C=C\CCCCCCC. The fraction of sp³-hybridized carbons (Fsp3) is 0.847. The van der Waals surface area contributed by atoms with E-state index in [1.807, 2.05) is 0 Å². The van der Waals surface area contributed by atoms with E-state index in [0.717, 1.165) is 70.6 Å². The van der Waals surface area contributed by atoms with Crippen molar-refractivity contribution in [1.82, 2.24) is 0 Å². The van der Waals surface area contributed by atoms with Gasteiger partial charge in [-0.25, -0.2) is 0 Å². The molecule has 0 saturated heterocycles. The van der Waals surface area contributed by atoms with Crippen LogP contribution in [0.1, 0.15) is 374 Å². The van der Waals surface area contributed by atoms with Crippen LogP contribution in [0.2, 0.25) is 0 Å². The van der Waals surface area contributed by atoms with E-state index in [4.69, 9.17) is 14.2 Å². The van der Waals surface area contributed by atoms with Gasteiger partial charge in [0, 0.05) is 19.3 Å². The van der Waals surface area contributed by atoms with Crippen LogP contribution < -0.4 is 0 Å². The maximum Gasteiger partial charge on any atom is 0.306 e. The van der Waals surface area contributed by atoms with E-state index in [0.29, 0.717) is 19.3 Å². The molecule has 6 heteroatoms. The maximum atomic E-state index is 12.9. The van der Waals surface area contributed by atoms with Crippen LogP contribution >= 0.6 is 0 Å². The summed E-state index contributed by atoms with van der Waals surface area (Å²) in [6, 6.07) is 0. The van der Waals surface area contributed by atoms with Gasteiger partial charge in [0.25, 0.3) is 0 Å². The second-order valence-electron chi connectivity index (χ2n) is 23.4. The van der Waals surface area contributed by atoms with Crippen molar-refractivity contribution in [3.8, 4) is 0 Å². The molecule has 0 aromatic rings. The molecular formula is C72H132O6. The third-order valence-corrected chi connectivity index (χ3v) is 15.6. The van der Waals surface area contributed by atoms with Crippen molar-refractivity contribution < 1.29 is 28.6 Å². The lowest BCUT2D eigenvalue weighted by Gasteiger charge is -2.18. The van der Waals surface area contributed by atoms with Crippen LogP contribution in [0.25, 0.3) is 0 Å². The van der Waals surface area contributed by atoms with Gasteiger partial charge in [-0.05, 0) is 83.5 Å². The Hall–Kier alpha value is -2.63. The number of hydrogen-bond donors (Lipinski definition) is 0. The van der Waals surface area contributed by atoms with Gasteiger partial charge in [0.1, 0.15) is 13.2 Å². The number of allylic oxidation sites excluding steroid dienone is 8. The van der Waals surface area contributed by atoms with Crippen LogP contribution in [0.4, 0.5) is 0 Å². The third-order valence-electron chi connectivity index (χ3n) is 15.6. The highest BCUT2D eigenvalue weighted by atomic mass is 16.6. The monoisotopic (exact) mass is 1090 g/mol. The molecule has 0 N–H and O–H groups in total. The summed E-state index contributed by atoms with van der Waals surface area (Å²) >= 11 is 0. The Morgan fingerprint density at radius 2 is 0.462 bits per heavy atom. The summed E-state index contributed by atoms with van der Waals surface area (Å²) in [5.74, 6) is -0.849. The zero-order valence-corrected chi connectivity index (χ0v) is 52.5. The highest BCUT2D eigenvalue weighted by molar-refractivity contribution is 5.71. The van der Waals surface area contributed by atoms with Crippen molar-refractivity contribution in [3.05, 3.63) is 48.6 Å². The lowest BCUT2D eigenvalue weighted by Crippen LogP contribution is -2.30. The molecule has 0 aromatic carbocycles. The predicted molar refractivity (Wildman–Crippen MR) is 339 cm³/mol. The highest BCUT2D eigenvalue weighted by Crippen LogP contribution is 2.18. The molecule has 1 unspecified atom stereocenters. The van der Waals surface area contributed by atoms with Gasteiger partial charge < -0.3 is 14.2 Å². The van der Waals surface area contributed by atoms with Gasteiger partial charge in [0.2, 0.25) is 0 Å². The summed E-state index contributed by atoms with van der Waals surface area (Å²) < 4.78 is 16.9. The average molecular weight is 1090 g/mol. The highest BCUT2D eigenvalue weighted by Gasteiger charge is 2.19. The Morgan fingerprint density at radius 1 is 0.256 bits per heavy atom. The molecule has 0 spiro atoms. The summed E-state index contributed by atoms with van der Waals surface area (Å²) in [6.07, 6.45) is 84.3. The summed E-state index contributed by atoms with van der Waals surface area (Å²) in [7, 11) is 0. The van der Waals surface area contributed by atoms with E-state index >= 15 is 0 Å². The van der Waals surface area contributed by atoms with Crippen LogP contribution in [-0.4, -0.2) is 37.2 Å². The Kier molecular flexibility index (Phi) is 64.6. The molecule has 0 amide bonds. The molecule has 0 aliphatic carbocycles. The molecule has 0 fully saturated rings. The normalized spacial score (nSPS) is 12.3. The van der Waals surface area contributed by atoms with Crippen molar-refractivity contribution in [3.63, 3.8) is 0 Å². The average Bonchev–Trinajstić information content (AvgIpc) is 3.44. The summed E-state index contributed by atoms with van der Waals surface area (Å²) in [5, 5.41) is 0. The fourth-order valence-corrected chi connectivity index (χ4v) is 10.3. The standard InChI is InChI=1S/C72H132O6/c1-4-7-10-13-16-19-22-24-26-28-30-32-34-36-38-40-42-44-46-48-50-53-56-59-62-65-71(74)77-68-69(67-76-70(73)64-61-58-55-52-21-18-15-12-9-6-3)78-72(75)66-63-60-57-54-51-49-47-45-43-41-39-37-35-33-31-29-27-25-23-20-17-14-11-8-5-2/h22-25,28-31,69H,4-21,26-27,32-68H2,1-3H3/b24-22-,25-23-,30-28-,31-29-. The number of rotatable bonds is 64. The molecule has 0 bridgehead atoms. The predicted octanol–water partition coefficient (Wildman–Crippen LogP) is 23.7. The molecule has 0 aliphatic rings. The first-order chi connectivity index (χ1) is 38.5. The minimum Gasteiger partial charge on any atom is -0.462 e. The molecule has 0 aromatic heterocycles. The first kappa shape index (κ1) is 75.4. The molecule has 0 heterocycles. The molecule has 78 heavy (non-hydrogen) atoms. The number of carbonyl (C=O) groups is 3. The molecule has 0 saturated carbocycles. The molecule has 0 aliphatic heterocycles. The lowest BCUT2D eigenvalue weighted by atomic mass is 10.0. The van der Waals surface area contributed by atoms with E-state index in [2.05, 4.69) is 69.4 Å². The smallest absolute Gasteiger partial charge is 0.306 e. The quantitative estimate of drug-likeness (QED) is 0.0261. The molecule has 0 radical (unpaired) electrons. The zero-order chi connectivity index (χ0) is 56.4. The van der Waals surface area contributed by atoms with Crippen molar-refractivity contribution in [1.29, 1.82) is 0 Å². The van der Waals surface area contributed by atoms with E-state index in [-0.39, 0.29) is 31.1 Å². The van der Waals surface area contributed by atoms with Gasteiger partial charge in [-0.3, -0.25) is 14.4 Å². The van der Waals surface area contributed by atoms with Gasteiger partial charge in [0.15, 0.2) is 6.10 Å². The summed E-state index contributed by atoms with van der Waals surface area (Å²) in [4.78, 5) is 38.3. The largest absolute Gasteiger partial charge is 0.462 e. The first-order valence-electron chi connectivity index (χ1n) is 34.6. The van der Waals surface area contributed by atoms with Crippen LogP contribution in [0.3, 0.4) is 0 Å². The molecular weight excluding hydrogens is 961 g/mol. The fourth-order valence-electron chi connectivity index (χ4n) is 10.3. The van der Waals surface area contributed by atoms with Gasteiger partial charge >= 0.3 is 17.9 Å². The van der Waals surface area contributed by atoms with E-state index in [1.165, 1.54) is 263 Å². The maximum absolute atomic E-state index is 12.9. The first-order valence-corrected chi connectivity index (χ1v) is 34.6. The number of hydrogen-bond acceptors (Lipinski definition) is 6. The molecule has 6 nitrogen and oxygen atoms in total. The Bertz CT molecular complexity index is 1350. The van der Waals surface area contributed by atoms with Gasteiger partial charge in [-0.1, -0.05) is 320 Å². The minimum absolute atomic E-state index is 0.0689. The molecule has 456 valence electrons. The Labute approximate surface area is 486 Å². The van der Waals surface area contributed by atoms with Crippen molar-refractivity contribution in [2.45, 2.75) is 380 Å². The number of carbonyl (C=O) groups excluding carboxylic acids is 3. The Balaban J connectivity index is 4.18. The van der Waals surface area contributed by atoms with Crippen LogP contribution in [0, 0.1) is 0 Å². The number of ether oxygens (including phenoxy) is 3. The van der Waals surface area contributed by atoms with Gasteiger partial charge in [0.05, 0.1) is 0 Å². The third kappa shape index (κ3) is 64.2. The summed E-state index contributed by atoms with van der Waals surface area (Å²) in [6.45, 7) is 6.66. The van der Waals surface area contributed by atoms with E-state index in [1.54, 1.807) is 0 Å². The topological polar surface area (TPSA) is 78.9 Å². The van der Waals surface area contributed by atoms with Crippen molar-refractivity contribution >= 4 is 17.9 Å². The number of esters is 3. The molecule has 1 atom stereocenters. The van der Waals surface area contributed by atoms with Gasteiger partial charge in [-0.2, -0.15) is 0 Å². The zero-order valence-electron chi connectivity index (χ0n) is 52.5. The lowest BCUT2D eigenvalue weighted by molar-refractivity contribution is -0.167. The van der Waals surface area contributed by atoms with E-state index in [9.17, 15) is 14.4 Å². The van der Waals surface area contributed by atoms with Crippen molar-refractivity contribution in [2.24, 2.45) is 0 Å². The minimum atomic E-state index is -0.771. The van der Waals surface area contributed by atoms with Crippen molar-refractivity contribution in [2.75, 3.05) is 13.2 Å². The Morgan fingerprint density at radius 3 is 0.705 bits per heavy atom. The van der Waals surface area contributed by atoms with Gasteiger partial charge in [-0.15, -0.1) is 0 Å². The van der Waals surface area contributed by atoms with Crippen LogP contribution in [0.15, 0.2) is 48.6 Å². The van der Waals surface area contributed by atoms with Crippen LogP contribution in [-0.2, 0) is 28.6 Å². The van der Waals surface area contributed by atoms with Crippen LogP contribution in [0.5, 0.6) is 0 Å². The number of unbranched alkanes of at least 4 members (excludes halogenated alkanes) is 45. The van der Waals surface area contributed by atoms with E-state index < -0.39 is 6.10 Å². The second-order valence-corrected chi connectivity index (χ2v) is 23.4. The second kappa shape index (κ2) is 66.9. The summed E-state index contributed by atoms with van der Waals surface area (Å²) in [5.41, 5.74) is 0. The molecule has 0 rings (SSSR count).